The molecule has 0 saturated heterocycles. The van der Waals surface area contributed by atoms with Gasteiger partial charge in [0.25, 0.3) is 5.69 Å². The molecule has 0 bridgehead atoms. The lowest BCUT2D eigenvalue weighted by Crippen LogP contribution is -2.35. The van der Waals surface area contributed by atoms with E-state index in [1.54, 1.807) is 0 Å². The first-order valence-corrected chi connectivity index (χ1v) is 6.80. The molecule has 1 rings (SSSR count). The molecule has 0 unspecified atom stereocenters. The number of rotatable bonds is 6. The molecule has 12 heteroatoms. The van der Waals surface area contributed by atoms with E-state index in [2.05, 4.69) is 4.18 Å². The van der Waals surface area contributed by atoms with Crippen LogP contribution in [0.5, 0.6) is 0 Å². The van der Waals surface area contributed by atoms with E-state index in [-0.39, 0.29) is 11.3 Å². The number of carbonyl (C=O) groups is 1. The molecule has 1 atom stereocenters. The second-order valence-electron chi connectivity index (χ2n) is 3.95. The lowest BCUT2D eigenvalue weighted by molar-refractivity contribution is -0.384. The summed E-state index contributed by atoms with van der Waals surface area (Å²) < 4.78 is 61.7. The third-order valence-corrected chi connectivity index (χ3v) is 3.42. The summed E-state index contributed by atoms with van der Waals surface area (Å²) in [5.74, 6) is -1.92. The lowest BCUT2D eigenvalue weighted by atomic mass is 10.1. The standard InChI is InChI=1S/C10H8F3NO7S/c11-10(12,13)22(19,20)21-8(9(15)16)5-6-1-3-7(4-2-6)14(17)18/h1-4,8H,5H2,(H,15,16)/t8-/m0/s1. The molecule has 0 radical (unpaired) electrons. The molecule has 0 saturated carbocycles. The van der Waals surface area contributed by atoms with E-state index >= 15 is 0 Å². The molecule has 0 fully saturated rings. The summed E-state index contributed by atoms with van der Waals surface area (Å²) in [6, 6.07) is 4.15. The van der Waals surface area contributed by atoms with Crippen molar-refractivity contribution in [3.05, 3.63) is 39.9 Å². The third-order valence-electron chi connectivity index (χ3n) is 2.37. The van der Waals surface area contributed by atoms with Crippen molar-refractivity contribution in [3.63, 3.8) is 0 Å². The summed E-state index contributed by atoms with van der Waals surface area (Å²) in [5.41, 5.74) is -6.02. The van der Waals surface area contributed by atoms with Gasteiger partial charge in [0.15, 0.2) is 6.10 Å². The fraction of sp³-hybridized carbons (Fsp3) is 0.300. The average Bonchev–Trinajstić information content (AvgIpc) is 2.36. The molecule has 0 heterocycles. The molecule has 0 aliphatic carbocycles. The van der Waals surface area contributed by atoms with Crippen LogP contribution in [0.2, 0.25) is 0 Å². The van der Waals surface area contributed by atoms with E-state index in [1.807, 2.05) is 0 Å². The number of nitro benzene ring substituents is 1. The molecule has 0 amide bonds. The van der Waals surface area contributed by atoms with Gasteiger partial charge in [0, 0.05) is 18.6 Å². The highest BCUT2D eigenvalue weighted by molar-refractivity contribution is 7.87. The summed E-state index contributed by atoms with van der Waals surface area (Å²) >= 11 is 0. The third kappa shape index (κ3) is 4.39. The van der Waals surface area contributed by atoms with Crippen molar-refractivity contribution in [2.24, 2.45) is 0 Å². The predicted molar refractivity (Wildman–Crippen MR) is 64.3 cm³/mol. The molecule has 1 N–H and O–H groups in total. The van der Waals surface area contributed by atoms with E-state index in [0.29, 0.717) is 0 Å². The van der Waals surface area contributed by atoms with Gasteiger partial charge in [-0.05, 0) is 5.56 Å². The Bertz CT molecular complexity index is 669. The second kappa shape index (κ2) is 6.27. The molecule has 1 aromatic rings. The maximum Gasteiger partial charge on any atom is 0.523 e. The normalized spacial score (nSPS) is 13.6. The zero-order chi connectivity index (χ0) is 17.1. The molecule has 1 aromatic carbocycles. The highest BCUT2D eigenvalue weighted by Gasteiger charge is 2.49. The first-order chi connectivity index (χ1) is 9.94. The van der Waals surface area contributed by atoms with Gasteiger partial charge >= 0.3 is 21.6 Å². The van der Waals surface area contributed by atoms with Gasteiger partial charge in [-0.1, -0.05) is 12.1 Å². The summed E-state index contributed by atoms with van der Waals surface area (Å²) in [4.78, 5) is 20.5. The van der Waals surface area contributed by atoms with E-state index in [0.717, 1.165) is 24.3 Å². The number of nitro groups is 1. The Labute approximate surface area is 121 Å². The van der Waals surface area contributed by atoms with Crippen molar-refractivity contribution in [2.75, 3.05) is 0 Å². The van der Waals surface area contributed by atoms with Gasteiger partial charge in [-0.3, -0.25) is 10.1 Å². The Morgan fingerprint density at radius 1 is 1.32 bits per heavy atom. The van der Waals surface area contributed by atoms with Crippen LogP contribution in [0.25, 0.3) is 0 Å². The Kier molecular flexibility index (Phi) is 5.09. The minimum absolute atomic E-state index is 0.0513. The Balaban J connectivity index is 2.94. The van der Waals surface area contributed by atoms with Gasteiger partial charge in [0.05, 0.1) is 4.92 Å². The van der Waals surface area contributed by atoms with Crippen molar-refractivity contribution >= 4 is 21.8 Å². The topological polar surface area (TPSA) is 124 Å². The van der Waals surface area contributed by atoms with Crippen molar-refractivity contribution in [3.8, 4) is 0 Å². The average molecular weight is 343 g/mol. The van der Waals surface area contributed by atoms with Crippen LogP contribution in [0.1, 0.15) is 5.56 Å². The van der Waals surface area contributed by atoms with Crippen LogP contribution in [0.4, 0.5) is 18.9 Å². The number of hydrogen-bond acceptors (Lipinski definition) is 6. The number of carboxylic acid groups (broad SMARTS) is 1. The van der Waals surface area contributed by atoms with E-state index in [4.69, 9.17) is 5.11 Å². The molecule has 22 heavy (non-hydrogen) atoms. The maximum absolute atomic E-state index is 12.2. The van der Waals surface area contributed by atoms with E-state index in [1.165, 1.54) is 0 Å². The highest BCUT2D eigenvalue weighted by atomic mass is 32.2. The number of alkyl halides is 3. The Hall–Kier alpha value is -2.21. The quantitative estimate of drug-likeness (QED) is 0.359. The number of aliphatic carboxylic acids is 1. The smallest absolute Gasteiger partial charge is 0.479 e. The molecular weight excluding hydrogens is 335 g/mol. The maximum atomic E-state index is 12.2. The summed E-state index contributed by atoms with van der Waals surface area (Å²) in [7, 11) is -6.07. The monoisotopic (exact) mass is 343 g/mol. The van der Waals surface area contributed by atoms with Crippen molar-refractivity contribution < 1.29 is 40.6 Å². The summed E-state index contributed by atoms with van der Waals surface area (Å²) in [6.45, 7) is 0. The van der Waals surface area contributed by atoms with Gasteiger partial charge in [-0.2, -0.15) is 21.6 Å². The van der Waals surface area contributed by atoms with Gasteiger partial charge in [-0.25, -0.2) is 8.98 Å². The largest absolute Gasteiger partial charge is 0.523 e. The minimum Gasteiger partial charge on any atom is -0.479 e. The highest BCUT2D eigenvalue weighted by Crippen LogP contribution is 2.26. The minimum atomic E-state index is -6.07. The van der Waals surface area contributed by atoms with Crippen LogP contribution in [-0.4, -0.2) is 36.0 Å². The SMILES string of the molecule is O=C(O)[C@H](Cc1ccc([N+](=O)[O-])cc1)OS(=O)(=O)C(F)(F)F. The fourth-order valence-corrected chi connectivity index (χ4v) is 1.90. The first-order valence-electron chi connectivity index (χ1n) is 5.40. The van der Waals surface area contributed by atoms with E-state index < -0.39 is 39.0 Å². The van der Waals surface area contributed by atoms with Crippen molar-refractivity contribution in [1.82, 2.24) is 0 Å². The van der Waals surface area contributed by atoms with Crippen LogP contribution >= 0.6 is 0 Å². The first kappa shape index (κ1) is 17.8. The number of nitrogens with zero attached hydrogens (tertiary/aromatic N) is 1. The van der Waals surface area contributed by atoms with Crippen LogP contribution in [0, 0.1) is 10.1 Å². The van der Waals surface area contributed by atoms with Crippen molar-refractivity contribution in [2.45, 2.75) is 18.0 Å². The number of halogens is 3. The zero-order valence-electron chi connectivity index (χ0n) is 10.5. The number of non-ortho nitro benzene ring substituents is 1. The number of hydrogen-bond donors (Lipinski definition) is 1. The lowest BCUT2D eigenvalue weighted by Gasteiger charge is -2.14. The van der Waals surface area contributed by atoms with Crippen LogP contribution in [0.3, 0.4) is 0 Å². The Morgan fingerprint density at radius 3 is 2.18 bits per heavy atom. The van der Waals surface area contributed by atoms with Gasteiger partial charge in [-0.15, -0.1) is 0 Å². The van der Waals surface area contributed by atoms with Gasteiger partial charge in [0.1, 0.15) is 0 Å². The van der Waals surface area contributed by atoms with Crippen LogP contribution in [0.15, 0.2) is 24.3 Å². The second-order valence-corrected chi connectivity index (χ2v) is 5.51. The van der Waals surface area contributed by atoms with Crippen molar-refractivity contribution in [1.29, 1.82) is 0 Å². The Morgan fingerprint density at radius 2 is 1.82 bits per heavy atom. The molecule has 0 aliphatic heterocycles. The number of carboxylic acids is 1. The molecule has 8 nitrogen and oxygen atoms in total. The molecule has 0 aromatic heterocycles. The molecule has 0 spiro atoms. The predicted octanol–water partition coefficient (Wildman–Crippen LogP) is 1.46. The van der Waals surface area contributed by atoms with E-state index in [9.17, 15) is 36.5 Å². The molecule has 122 valence electrons. The van der Waals surface area contributed by atoms with Crippen LogP contribution < -0.4 is 0 Å². The summed E-state index contributed by atoms with van der Waals surface area (Å²) in [6.07, 6.45) is -3.03. The zero-order valence-corrected chi connectivity index (χ0v) is 11.3. The summed E-state index contributed by atoms with van der Waals surface area (Å²) in [5, 5.41) is 19.2. The molecule has 0 aliphatic rings. The number of benzene rings is 1. The van der Waals surface area contributed by atoms with Gasteiger partial charge in [0.2, 0.25) is 0 Å². The molecular formula is C10H8F3NO7S. The fourth-order valence-electron chi connectivity index (χ4n) is 1.34. The van der Waals surface area contributed by atoms with Gasteiger partial charge < -0.3 is 5.11 Å². The van der Waals surface area contributed by atoms with Crippen LogP contribution in [-0.2, 0) is 25.5 Å².